The lowest BCUT2D eigenvalue weighted by atomic mass is 10.4. The van der Waals surface area contributed by atoms with E-state index in [1.165, 1.54) is 0 Å². The van der Waals surface area contributed by atoms with Crippen molar-refractivity contribution in [1.29, 1.82) is 0 Å². The predicted octanol–water partition coefficient (Wildman–Crippen LogP) is 1.46. The summed E-state index contributed by atoms with van der Waals surface area (Å²) < 4.78 is 10.8. The summed E-state index contributed by atoms with van der Waals surface area (Å²) in [5.41, 5.74) is 5.78. The van der Waals surface area contributed by atoms with E-state index in [0.29, 0.717) is 31.5 Å². The highest BCUT2D eigenvalue weighted by Gasteiger charge is 2.07. The first-order valence-corrected chi connectivity index (χ1v) is 6.56. The van der Waals surface area contributed by atoms with Crippen LogP contribution in [0.2, 0.25) is 0 Å². The fourth-order valence-electron chi connectivity index (χ4n) is 1.50. The summed E-state index contributed by atoms with van der Waals surface area (Å²) in [6.45, 7) is 8.38. The maximum absolute atomic E-state index is 5.78. The van der Waals surface area contributed by atoms with E-state index in [9.17, 15) is 0 Å². The first-order chi connectivity index (χ1) is 9.02. The molecule has 0 unspecified atom stereocenters. The second-order valence-corrected chi connectivity index (χ2v) is 4.55. The van der Waals surface area contributed by atoms with Crippen LogP contribution < -0.4 is 10.6 Å². The summed E-state index contributed by atoms with van der Waals surface area (Å²) >= 11 is 0. The van der Waals surface area contributed by atoms with E-state index in [-0.39, 0.29) is 6.10 Å². The van der Waals surface area contributed by atoms with E-state index in [0.717, 1.165) is 12.4 Å². The van der Waals surface area contributed by atoms with Crippen LogP contribution in [0.25, 0.3) is 0 Å². The molecule has 0 aliphatic heterocycles. The van der Waals surface area contributed by atoms with Gasteiger partial charge in [0.15, 0.2) is 5.82 Å². The van der Waals surface area contributed by atoms with Gasteiger partial charge in [0.25, 0.3) is 0 Å². The number of nitrogen functional groups attached to an aromatic ring is 1. The molecular weight excluding hydrogens is 244 g/mol. The van der Waals surface area contributed by atoms with Gasteiger partial charge in [0.05, 0.1) is 12.7 Å². The van der Waals surface area contributed by atoms with Gasteiger partial charge in [-0.2, -0.15) is 0 Å². The molecule has 1 rings (SSSR count). The van der Waals surface area contributed by atoms with Crippen LogP contribution in [0.3, 0.4) is 0 Å². The van der Waals surface area contributed by atoms with Crippen LogP contribution in [0.4, 0.5) is 11.6 Å². The summed E-state index contributed by atoms with van der Waals surface area (Å²) in [5, 5.41) is 0. The van der Waals surface area contributed by atoms with E-state index in [4.69, 9.17) is 15.2 Å². The number of anilines is 2. The molecule has 6 heteroatoms. The minimum absolute atomic E-state index is 0.234. The van der Waals surface area contributed by atoms with Crippen molar-refractivity contribution in [3.63, 3.8) is 0 Å². The summed E-state index contributed by atoms with van der Waals surface area (Å²) in [4.78, 5) is 10.6. The Morgan fingerprint density at radius 2 is 2.11 bits per heavy atom. The Morgan fingerprint density at radius 3 is 2.74 bits per heavy atom. The number of nitrogens with zero attached hydrogens (tertiary/aromatic N) is 3. The topological polar surface area (TPSA) is 73.5 Å². The Morgan fingerprint density at radius 1 is 1.37 bits per heavy atom. The van der Waals surface area contributed by atoms with Crippen LogP contribution in [0, 0.1) is 0 Å². The molecular formula is C13H24N4O2. The largest absolute Gasteiger partial charge is 0.384 e. The first kappa shape index (κ1) is 15.7. The lowest BCUT2D eigenvalue weighted by molar-refractivity contribution is 0.0845. The molecule has 0 aliphatic carbocycles. The van der Waals surface area contributed by atoms with E-state index in [1.807, 2.05) is 32.7 Å². The zero-order valence-corrected chi connectivity index (χ0v) is 12.2. The molecule has 1 aromatic heterocycles. The van der Waals surface area contributed by atoms with E-state index < -0.39 is 0 Å². The van der Waals surface area contributed by atoms with Gasteiger partial charge >= 0.3 is 0 Å². The maximum atomic E-state index is 5.78. The molecule has 2 N–H and O–H groups in total. The first-order valence-electron chi connectivity index (χ1n) is 6.56. The van der Waals surface area contributed by atoms with Gasteiger partial charge in [-0.3, -0.25) is 0 Å². The van der Waals surface area contributed by atoms with Gasteiger partial charge in [0.1, 0.15) is 18.2 Å². The predicted molar refractivity (Wildman–Crippen MR) is 76.1 cm³/mol. The molecule has 0 saturated carbocycles. The summed E-state index contributed by atoms with van der Waals surface area (Å²) in [5.74, 6) is 1.85. The van der Waals surface area contributed by atoms with Crippen LogP contribution in [-0.2, 0) is 16.1 Å². The zero-order valence-electron chi connectivity index (χ0n) is 12.2. The molecule has 0 bridgehead atoms. The lowest BCUT2D eigenvalue weighted by Crippen LogP contribution is -2.25. The number of hydrogen-bond acceptors (Lipinski definition) is 6. The molecule has 0 atom stereocenters. The fraction of sp³-hybridized carbons (Fsp3) is 0.692. The summed E-state index contributed by atoms with van der Waals surface area (Å²) in [7, 11) is 1.95. The molecule has 108 valence electrons. The minimum Gasteiger partial charge on any atom is -0.384 e. The zero-order chi connectivity index (χ0) is 14.3. The molecule has 0 fully saturated rings. The highest BCUT2D eigenvalue weighted by molar-refractivity contribution is 5.46. The van der Waals surface area contributed by atoms with Gasteiger partial charge < -0.3 is 20.1 Å². The van der Waals surface area contributed by atoms with Crippen molar-refractivity contribution in [1.82, 2.24) is 9.97 Å². The minimum atomic E-state index is 0.234. The van der Waals surface area contributed by atoms with Crippen LogP contribution in [0.15, 0.2) is 6.07 Å². The van der Waals surface area contributed by atoms with Gasteiger partial charge in [-0.05, 0) is 20.8 Å². The van der Waals surface area contributed by atoms with Gasteiger partial charge in [-0.15, -0.1) is 0 Å². The number of ether oxygens (including phenoxy) is 2. The number of likely N-dealkylation sites (N-methyl/N-ethyl adjacent to an activating group) is 1. The van der Waals surface area contributed by atoms with Crippen molar-refractivity contribution in [3.8, 4) is 0 Å². The van der Waals surface area contributed by atoms with Crippen LogP contribution in [0.1, 0.15) is 26.6 Å². The van der Waals surface area contributed by atoms with Crippen molar-refractivity contribution < 1.29 is 9.47 Å². The number of aromatic nitrogens is 2. The van der Waals surface area contributed by atoms with Crippen LogP contribution >= 0.6 is 0 Å². The summed E-state index contributed by atoms with van der Waals surface area (Å²) in [6, 6.07) is 1.75. The third-order valence-corrected chi connectivity index (χ3v) is 2.48. The number of rotatable bonds is 8. The van der Waals surface area contributed by atoms with Crippen molar-refractivity contribution >= 4 is 11.6 Å². The Balaban J connectivity index is 2.62. The van der Waals surface area contributed by atoms with Crippen molar-refractivity contribution in [2.45, 2.75) is 33.5 Å². The fourth-order valence-corrected chi connectivity index (χ4v) is 1.50. The molecule has 0 radical (unpaired) electrons. The number of nitrogens with two attached hydrogens (primary N) is 1. The molecule has 1 heterocycles. The van der Waals surface area contributed by atoms with Crippen LogP contribution in [-0.4, -0.2) is 42.9 Å². The third-order valence-electron chi connectivity index (χ3n) is 2.48. The molecule has 1 aromatic rings. The summed E-state index contributed by atoms with van der Waals surface area (Å²) in [6.07, 6.45) is 0.234. The third kappa shape index (κ3) is 5.85. The second kappa shape index (κ2) is 7.91. The molecule has 0 spiro atoms. The molecule has 0 saturated heterocycles. The van der Waals surface area contributed by atoms with Gasteiger partial charge in [-0.25, -0.2) is 9.97 Å². The Kier molecular flexibility index (Phi) is 6.52. The molecule has 0 amide bonds. The van der Waals surface area contributed by atoms with Gasteiger partial charge in [0, 0.05) is 26.3 Å². The molecule has 0 aliphatic rings. The quantitative estimate of drug-likeness (QED) is 0.769. The number of hydrogen-bond donors (Lipinski definition) is 1. The van der Waals surface area contributed by atoms with Gasteiger partial charge in [0.2, 0.25) is 0 Å². The Labute approximate surface area is 114 Å². The van der Waals surface area contributed by atoms with E-state index in [1.54, 1.807) is 6.07 Å². The monoisotopic (exact) mass is 268 g/mol. The highest BCUT2D eigenvalue weighted by Crippen LogP contribution is 2.13. The molecule has 0 aromatic carbocycles. The Bertz CT molecular complexity index is 385. The van der Waals surface area contributed by atoms with Crippen molar-refractivity contribution in [2.24, 2.45) is 0 Å². The molecule has 19 heavy (non-hydrogen) atoms. The standard InChI is InChI=1S/C13H24N4O2/c1-5-18-9-12-15-11(14)8-13(16-12)17(4)6-7-19-10(2)3/h8,10H,5-7,9H2,1-4H3,(H2,14,15,16). The average molecular weight is 268 g/mol. The van der Waals surface area contributed by atoms with Gasteiger partial charge in [-0.1, -0.05) is 0 Å². The van der Waals surface area contributed by atoms with E-state index in [2.05, 4.69) is 9.97 Å². The van der Waals surface area contributed by atoms with Crippen molar-refractivity contribution in [3.05, 3.63) is 11.9 Å². The Hall–Kier alpha value is -1.40. The average Bonchev–Trinajstić information content (AvgIpc) is 2.35. The van der Waals surface area contributed by atoms with Crippen molar-refractivity contribution in [2.75, 3.05) is 37.4 Å². The lowest BCUT2D eigenvalue weighted by Gasteiger charge is -2.19. The van der Waals surface area contributed by atoms with Crippen LogP contribution in [0.5, 0.6) is 0 Å². The highest BCUT2D eigenvalue weighted by atomic mass is 16.5. The SMILES string of the molecule is CCOCc1nc(N)cc(N(C)CCOC(C)C)n1. The smallest absolute Gasteiger partial charge is 0.158 e. The normalized spacial score (nSPS) is 11.0. The molecule has 6 nitrogen and oxygen atoms in total. The second-order valence-electron chi connectivity index (χ2n) is 4.55. The maximum Gasteiger partial charge on any atom is 0.158 e. The van der Waals surface area contributed by atoms with E-state index >= 15 is 0 Å².